The van der Waals surface area contributed by atoms with E-state index in [1.54, 1.807) is 0 Å². The third-order valence-electron chi connectivity index (χ3n) is 0.512. The number of carbonyl (C=O) groups is 1. The lowest BCUT2D eigenvalue weighted by atomic mass is 10.5. The van der Waals surface area contributed by atoms with E-state index >= 15 is 0 Å². The zero-order valence-electron chi connectivity index (χ0n) is 4.48. The van der Waals surface area contributed by atoms with E-state index in [1.807, 2.05) is 0 Å². The van der Waals surface area contributed by atoms with Gasteiger partial charge in [0, 0.05) is 4.57 Å². The Bertz CT molecular complexity index is 121. The van der Waals surface area contributed by atoms with Crippen LogP contribution >= 0.6 is 8.25 Å². The first-order chi connectivity index (χ1) is 4.16. The fourth-order valence-electron chi connectivity index (χ4n) is 0.173. The maximum Gasteiger partial charge on any atom is 0.695 e. The van der Waals surface area contributed by atoms with E-state index in [1.165, 1.54) is 0 Å². The first-order valence-corrected chi connectivity index (χ1v) is 3.21. The molecule has 0 aliphatic carbocycles. The Hall–Kier alpha value is -0.350. The normalized spacial score (nSPS) is 11.1. The summed E-state index contributed by atoms with van der Waals surface area (Å²) in [6, 6.07) is 0. The molecule has 0 rings (SSSR count). The van der Waals surface area contributed by atoms with Crippen LogP contribution in [0.15, 0.2) is 0 Å². The van der Waals surface area contributed by atoms with E-state index in [2.05, 4.69) is 4.52 Å². The molecule has 0 radical (unpaired) electrons. The third-order valence-corrected chi connectivity index (χ3v) is 0.862. The van der Waals surface area contributed by atoms with Crippen LogP contribution in [0, 0.1) is 0 Å². The maximum atomic E-state index is 10.1. The van der Waals surface area contributed by atoms with Crippen molar-refractivity contribution in [1.82, 2.24) is 0 Å². The molecule has 5 nitrogen and oxygen atoms in total. The minimum atomic E-state index is -2.72. The summed E-state index contributed by atoms with van der Waals surface area (Å²) in [7, 11) is -2.72. The molecule has 0 bridgehead atoms. The van der Waals surface area contributed by atoms with Crippen LogP contribution in [0.5, 0.6) is 0 Å². The number of rotatable bonds is 4. The molecule has 6 heteroatoms. The Morgan fingerprint density at radius 2 is 2.22 bits per heavy atom. The highest BCUT2D eigenvalue weighted by atomic mass is 31.1. The van der Waals surface area contributed by atoms with E-state index in [0.717, 1.165) is 0 Å². The first kappa shape index (κ1) is 8.65. The molecule has 0 aromatic heterocycles. The van der Waals surface area contributed by atoms with Crippen LogP contribution in [0.25, 0.3) is 0 Å². The van der Waals surface area contributed by atoms with Crippen molar-refractivity contribution in [3.63, 3.8) is 0 Å². The van der Waals surface area contributed by atoms with E-state index in [-0.39, 0.29) is 0 Å². The quantitative estimate of drug-likeness (QED) is 0.517. The smallest absolute Gasteiger partial charge is 0.388 e. The van der Waals surface area contributed by atoms with E-state index in [0.29, 0.717) is 0 Å². The lowest BCUT2D eigenvalue weighted by molar-refractivity contribution is -0.123. The fourth-order valence-corrected chi connectivity index (χ4v) is 0.427. The minimum Gasteiger partial charge on any atom is -0.388 e. The van der Waals surface area contributed by atoms with Gasteiger partial charge in [-0.05, 0) is 0 Å². The van der Waals surface area contributed by atoms with Crippen LogP contribution in [0.4, 0.5) is 0 Å². The van der Waals surface area contributed by atoms with Crippen LogP contribution in [0.1, 0.15) is 0 Å². The number of hydrogen-bond acceptors (Lipinski definition) is 4. The molecule has 9 heavy (non-hydrogen) atoms. The van der Waals surface area contributed by atoms with Gasteiger partial charge in [-0.15, -0.1) is 9.42 Å². The molecule has 0 saturated heterocycles. The molecule has 0 fully saturated rings. The Balaban J connectivity index is 3.28. The molecule has 52 valence electrons. The van der Waals surface area contributed by atoms with Crippen LogP contribution in [-0.4, -0.2) is 29.0 Å². The Labute approximate surface area is 52.2 Å². The van der Waals surface area contributed by atoms with Gasteiger partial charge in [-0.2, -0.15) is 0 Å². The van der Waals surface area contributed by atoms with Gasteiger partial charge in [0.2, 0.25) is 0 Å². The number of ketones is 1. The van der Waals surface area contributed by atoms with E-state index < -0.39 is 27.3 Å². The lowest BCUT2D eigenvalue weighted by Crippen LogP contribution is -2.09. The van der Waals surface area contributed by atoms with Gasteiger partial charge < -0.3 is 5.11 Å². The molecule has 0 spiro atoms. The summed E-state index contributed by atoms with van der Waals surface area (Å²) in [5, 5.41) is 8.04. The molecule has 0 aromatic carbocycles. The Morgan fingerprint density at radius 1 is 1.67 bits per heavy atom. The summed E-state index contributed by atoms with van der Waals surface area (Å²) >= 11 is 0. The standard InChI is InChI=1S/C3H5O5P/c4-1-3(5)2-8-9(6)7/h4H,1-2H2/p+1. The lowest BCUT2D eigenvalue weighted by Gasteiger charge is -1.83. The molecular weight excluding hydrogens is 147 g/mol. The monoisotopic (exact) mass is 153 g/mol. The van der Waals surface area contributed by atoms with Gasteiger partial charge in [0.1, 0.15) is 6.61 Å². The molecule has 0 aliphatic rings. The van der Waals surface area contributed by atoms with Crippen molar-refractivity contribution in [2.24, 2.45) is 0 Å². The highest BCUT2D eigenvalue weighted by Gasteiger charge is 2.14. The predicted octanol–water partition coefficient (Wildman–Crippen LogP) is -0.786. The predicted molar refractivity (Wildman–Crippen MR) is 27.9 cm³/mol. The van der Waals surface area contributed by atoms with Crippen molar-refractivity contribution in [1.29, 1.82) is 0 Å². The van der Waals surface area contributed by atoms with Crippen molar-refractivity contribution >= 4 is 14.0 Å². The summed E-state index contributed by atoms with van der Waals surface area (Å²) in [6.07, 6.45) is 0. The van der Waals surface area contributed by atoms with E-state index in [4.69, 9.17) is 10.00 Å². The molecule has 0 heterocycles. The van der Waals surface area contributed by atoms with Crippen LogP contribution in [0.2, 0.25) is 0 Å². The number of hydrogen-bond donors (Lipinski definition) is 2. The van der Waals surface area contributed by atoms with Crippen molar-refractivity contribution in [2.45, 2.75) is 0 Å². The van der Waals surface area contributed by atoms with Crippen LogP contribution in [0.3, 0.4) is 0 Å². The minimum absolute atomic E-state index is 0.512. The molecular formula is C3H6O5P+. The van der Waals surface area contributed by atoms with Gasteiger partial charge in [-0.3, -0.25) is 4.79 Å². The SMILES string of the molecule is O=C(CO)CO[P+](=O)O. The Kier molecular flexibility index (Phi) is 4.35. The van der Waals surface area contributed by atoms with Crippen LogP contribution in [-0.2, 0) is 13.9 Å². The topological polar surface area (TPSA) is 83.8 Å². The van der Waals surface area contributed by atoms with E-state index in [9.17, 15) is 9.36 Å². The van der Waals surface area contributed by atoms with Crippen molar-refractivity contribution in [3.05, 3.63) is 0 Å². The van der Waals surface area contributed by atoms with Gasteiger partial charge in [-0.25, -0.2) is 0 Å². The van der Waals surface area contributed by atoms with Crippen LogP contribution < -0.4 is 0 Å². The molecule has 0 saturated carbocycles. The molecule has 0 aliphatic heterocycles. The van der Waals surface area contributed by atoms with Gasteiger partial charge >= 0.3 is 8.25 Å². The second-order valence-electron chi connectivity index (χ2n) is 1.21. The van der Waals surface area contributed by atoms with Crippen molar-refractivity contribution in [3.8, 4) is 0 Å². The highest BCUT2D eigenvalue weighted by Crippen LogP contribution is 2.12. The van der Waals surface area contributed by atoms with Gasteiger partial charge in [-0.1, -0.05) is 0 Å². The average Bonchev–Trinajstić information content (AvgIpc) is 1.83. The summed E-state index contributed by atoms with van der Waals surface area (Å²) in [5.74, 6) is -0.618. The number of aliphatic hydroxyl groups is 1. The third kappa shape index (κ3) is 5.52. The summed E-state index contributed by atoms with van der Waals surface area (Å²) in [4.78, 5) is 18.1. The maximum absolute atomic E-state index is 10.1. The van der Waals surface area contributed by atoms with Gasteiger partial charge in [0.25, 0.3) is 0 Å². The summed E-state index contributed by atoms with van der Waals surface area (Å²) < 4.78 is 13.7. The first-order valence-electron chi connectivity index (χ1n) is 2.08. The molecule has 1 atom stereocenters. The number of Topliss-reactive ketones (excluding diaryl/α,β-unsaturated/α-hetero) is 1. The van der Waals surface area contributed by atoms with Gasteiger partial charge in [0.05, 0.1) is 0 Å². The molecule has 2 N–H and O–H groups in total. The molecule has 1 unspecified atom stereocenters. The number of carbonyl (C=O) groups excluding carboxylic acids is 1. The summed E-state index contributed by atoms with van der Waals surface area (Å²) in [6.45, 7) is -1.18. The average molecular weight is 153 g/mol. The highest BCUT2D eigenvalue weighted by molar-refractivity contribution is 7.32. The second-order valence-corrected chi connectivity index (χ2v) is 1.94. The second kappa shape index (κ2) is 4.52. The molecule has 0 aromatic rings. The summed E-state index contributed by atoms with van der Waals surface area (Å²) in [5.41, 5.74) is 0. The largest absolute Gasteiger partial charge is 0.695 e. The zero-order valence-corrected chi connectivity index (χ0v) is 5.38. The zero-order chi connectivity index (χ0) is 7.28. The number of aliphatic hydroxyl groups excluding tert-OH is 1. The molecule has 0 amide bonds. The van der Waals surface area contributed by atoms with Crippen molar-refractivity contribution in [2.75, 3.05) is 13.2 Å². The van der Waals surface area contributed by atoms with Gasteiger partial charge in [0.15, 0.2) is 12.4 Å². The fraction of sp³-hybridized carbons (Fsp3) is 0.667. The van der Waals surface area contributed by atoms with Crippen molar-refractivity contribution < 1.29 is 23.9 Å². The Morgan fingerprint density at radius 3 is 2.56 bits per heavy atom.